The van der Waals surface area contributed by atoms with Crippen molar-refractivity contribution in [2.24, 2.45) is 0 Å². The smallest absolute Gasteiger partial charge is 0.148 e. The van der Waals surface area contributed by atoms with Crippen LogP contribution in [-0.2, 0) is 12.8 Å². The van der Waals surface area contributed by atoms with E-state index < -0.39 is 0 Å². The molecule has 0 atom stereocenters. The molecule has 0 aliphatic heterocycles. The maximum absolute atomic E-state index is 5.76. The number of anilines is 1. The Hall–Kier alpha value is -1.81. The summed E-state index contributed by atoms with van der Waals surface area (Å²) < 4.78 is 5.72. The monoisotopic (exact) mass is 389 g/mol. The fraction of sp³-hybridized carbons (Fsp3) is 0.545. The van der Waals surface area contributed by atoms with Crippen LogP contribution in [0.5, 0.6) is 5.75 Å². The lowest BCUT2D eigenvalue weighted by atomic mass is 10.0. The Balaban J connectivity index is 2.50. The zero-order chi connectivity index (χ0) is 19.8. The number of aromatic nitrogens is 2. The molecule has 0 unspecified atom stereocenters. The molecule has 0 radical (unpaired) electrons. The van der Waals surface area contributed by atoms with Crippen molar-refractivity contribution in [3.8, 4) is 17.0 Å². The van der Waals surface area contributed by atoms with E-state index in [9.17, 15) is 0 Å². The molecular formula is C22H32ClN3O. The molecule has 5 heteroatoms. The molecular weight excluding hydrogens is 358 g/mol. The van der Waals surface area contributed by atoms with Gasteiger partial charge in [-0.25, -0.2) is 9.97 Å². The molecule has 0 aliphatic rings. The maximum atomic E-state index is 5.76. The third-order valence-electron chi connectivity index (χ3n) is 4.85. The Morgan fingerprint density at radius 1 is 1.04 bits per heavy atom. The number of ether oxygens (including phenoxy) is 1. The predicted octanol–water partition coefficient (Wildman–Crippen LogP) is 5.79. The van der Waals surface area contributed by atoms with Gasteiger partial charge in [0.25, 0.3) is 0 Å². The van der Waals surface area contributed by atoms with Gasteiger partial charge in [0, 0.05) is 11.6 Å². The molecule has 1 aromatic carbocycles. The van der Waals surface area contributed by atoms with Crippen LogP contribution in [0.1, 0.15) is 57.5 Å². The molecule has 0 saturated heterocycles. The number of benzene rings is 1. The highest BCUT2D eigenvalue weighted by Gasteiger charge is 2.17. The first-order chi connectivity index (χ1) is 13.1. The summed E-state index contributed by atoms with van der Waals surface area (Å²) in [5.41, 5.74) is 5.23. The van der Waals surface area contributed by atoms with E-state index in [2.05, 4.69) is 52.1 Å². The fourth-order valence-electron chi connectivity index (χ4n) is 3.12. The van der Waals surface area contributed by atoms with Gasteiger partial charge in [-0.2, -0.15) is 0 Å². The van der Waals surface area contributed by atoms with E-state index in [-0.39, 0.29) is 0 Å². The highest BCUT2D eigenvalue weighted by Crippen LogP contribution is 2.31. The number of aryl methyl sites for hydroxylation is 3. The van der Waals surface area contributed by atoms with E-state index in [1.807, 2.05) is 6.07 Å². The standard InChI is InChI=1S/C22H32ClN3O/c1-6-16(7-2)24-22-20(9-4)25-21(19(8-3)26-22)18-14-17(27-13-12-23)11-10-15(18)5/h10-11,14,16H,6-9,12-13H2,1-5H3,(H,24,26). The highest BCUT2D eigenvalue weighted by molar-refractivity contribution is 6.18. The van der Waals surface area contributed by atoms with Crippen LogP contribution in [0, 0.1) is 6.92 Å². The van der Waals surface area contributed by atoms with Gasteiger partial charge >= 0.3 is 0 Å². The van der Waals surface area contributed by atoms with Crippen molar-refractivity contribution in [1.29, 1.82) is 0 Å². The second-order valence-corrected chi connectivity index (χ2v) is 7.07. The molecule has 27 heavy (non-hydrogen) atoms. The predicted molar refractivity (Wildman–Crippen MR) is 115 cm³/mol. The zero-order valence-electron chi connectivity index (χ0n) is 17.2. The van der Waals surface area contributed by atoms with Gasteiger partial charge in [0.05, 0.1) is 23.0 Å². The summed E-state index contributed by atoms with van der Waals surface area (Å²) in [6.45, 7) is 11.3. The first kappa shape index (κ1) is 21.5. The first-order valence-corrected chi connectivity index (χ1v) is 10.6. The summed E-state index contributed by atoms with van der Waals surface area (Å²) in [6, 6.07) is 6.53. The number of rotatable bonds is 10. The Morgan fingerprint density at radius 3 is 2.33 bits per heavy atom. The Labute approximate surface area is 168 Å². The van der Waals surface area contributed by atoms with Gasteiger partial charge in [-0.1, -0.05) is 33.8 Å². The normalized spacial score (nSPS) is 11.1. The van der Waals surface area contributed by atoms with Crippen molar-refractivity contribution in [2.75, 3.05) is 17.8 Å². The van der Waals surface area contributed by atoms with Crippen molar-refractivity contribution >= 4 is 17.4 Å². The van der Waals surface area contributed by atoms with Crippen LogP contribution in [0.25, 0.3) is 11.3 Å². The Kier molecular flexibility index (Phi) is 8.36. The lowest BCUT2D eigenvalue weighted by molar-refractivity contribution is 0.343. The van der Waals surface area contributed by atoms with Crippen LogP contribution >= 0.6 is 11.6 Å². The Bertz CT molecular complexity index is 745. The number of halogens is 1. The summed E-state index contributed by atoms with van der Waals surface area (Å²) >= 11 is 5.76. The molecule has 0 amide bonds. The van der Waals surface area contributed by atoms with E-state index in [1.54, 1.807) is 0 Å². The van der Waals surface area contributed by atoms with E-state index in [0.717, 1.165) is 59.9 Å². The van der Waals surface area contributed by atoms with Crippen LogP contribution in [0.4, 0.5) is 5.82 Å². The molecule has 0 saturated carbocycles. The van der Waals surface area contributed by atoms with Gasteiger partial charge in [0.2, 0.25) is 0 Å². The summed E-state index contributed by atoms with van der Waals surface area (Å²) in [5, 5.41) is 3.59. The topological polar surface area (TPSA) is 47.0 Å². The number of hydrogen-bond acceptors (Lipinski definition) is 4. The molecule has 4 nitrogen and oxygen atoms in total. The largest absolute Gasteiger partial charge is 0.492 e. The fourth-order valence-corrected chi connectivity index (χ4v) is 3.19. The number of alkyl halides is 1. The average Bonchev–Trinajstić information content (AvgIpc) is 2.70. The van der Waals surface area contributed by atoms with Crippen LogP contribution in [0.15, 0.2) is 18.2 Å². The van der Waals surface area contributed by atoms with Gasteiger partial charge < -0.3 is 10.1 Å². The lowest BCUT2D eigenvalue weighted by Crippen LogP contribution is -2.20. The van der Waals surface area contributed by atoms with Crippen LogP contribution in [0.3, 0.4) is 0 Å². The summed E-state index contributed by atoms with van der Waals surface area (Å²) in [6.07, 6.45) is 3.82. The van der Waals surface area contributed by atoms with Gasteiger partial charge in [-0.05, 0) is 50.3 Å². The molecule has 0 fully saturated rings. The molecule has 2 rings (SSSR count). The van der Waals surface area contributed by atoms with E-state index in [0.29, 0.717) is 18.5 Å². The van der Waals surface area contributed by atoms with E-state index in [1.165, 1.54) is 5.56 Å². The minimum Gasteiger partial charge on any atom is -0.492 e. The lowest BCUT2D eigenvalue weighted by Gasteiger charge is -2.20. The second-order valence-electron chi connectivity index (χ2n) is 6.69. The highest BCUT2D eigenvalue weighted by atomic mass is 35.5. The number of nitrogens with one attached hydrogen (secondary N) is 1. The second kappa shape index (κ2) is 10.5. The molecule has 1 aromatic heterocycles. The number of nitrogens with zero attached hydrogens (tertiary/aromatic N) is 2. The van der Waals surface area contributed by atoms with E-state index in [4.69, 9.17) is 26.3 Å². The van der Waals surface area contributed by atoms with Crippen LogP contribution in [-0.4, -0.2) is 28.5 Å². The first-order valence-electron chi connectivity index (χ1n) is 10.0. The van der Waals surface area contributed by atoms with Crippen molar-refractivity contribution in [3.63, 3.8) is 0 Å². The molecule has 2 aromatic rings. The summed E-state index contributed by atoms with van der Waals surface area (Å²) in [4.78, 5) is 10.0. The summed E-state index contributed by atoms with van der Waals surface area (Å²) in [7, 11) is 0. The van der Waals surface area contributed by atoms with Crippen molar-refractivity contribution in [1.82, 2.24) is 9.97 Å². The molecule has 0 bridgehead atoms. The van der Waals surface area contributed by atoms with Crippen molar-refractivity contribution < 1.29 is 4.74 Å². The maximum Gasteiger partial charge on any atom is 0.148 e. The quantitative estimate of drug-likeness (QED) is 0.522. The molecule has 1 N–H and O–H groups in total. The molecule has 148 valence electrons. The minimum absolute atomic E-state index is 0.425. The SMILES string of the molecule is CCc1nc(-c2cc(OCCCl)ccc2C)c(CC)nc1NC(CC)CC. The Morgan fingerprint density at radius 2 is 1.74 bits per heavy atom. The van der Waals surface area contributed by atoms with E-state index >= 15 is 0 Å². The minimum atomic E-state index is 0.425. The van der Waals surface area contributed by atoms with Gasteiger partial charge in [-0.15, -0.1) is 11.6 Å². The van der Waals surface area contributed by atoms with Gasteiger partial charge in [0.1, 0.15) is 18.2 Å². The number of hydrogen-bond donors (Lipinski definition) is 1. The van der Waals surface area contributed by atoms with Gasteiger partial charge in [-0.3, -0.25) is 0 Å². The third kappa shape index (κ3) is 5.35. The van der Waals surface area contributed by atoms with Crippen LogP contribution < -0.4 is 10.1 Å². The summed E-state index contributed by atoms with van der Waals surface area (Å²) in [5.74, 6) is 2.22. The average molecular weight is 390 g/mol. The van der Waals surface area contributed by atoms with Crippen molar-refractivity contribution in [3.05, 3.63) is 35.2 Å². The molecule has 0 aliphatic carbocycles. The van der Waals surface area contributed by atoms with Crippen molar-refractivity contribution in [2.45, 2.75) is 66.3 Å². The molecule has 0 spiro atoms. The molecule has 1 heterocycles. The zero-order valence-corrected chi connectivity index (χ0v) is 18.0. The van der Waals surface area contributed by atoms with Gasteiger partial charge in [0.15, 0.2) is 0 Å². The third-order valence-corrected chi connectivity index (χ3v) is 5.00. The van der Waals surface area contributed by atoms with Crippen LogP contribution in [0.2, 0.25) is 0 Å².